The van der Waals surface area contributed by atoms with Crippen LogP contribution in [-0.4, -0.2) is 89.5 Å². The van der Waals surface area contributed by atoms with Gasteiger partial charge in [0.2, 0.25) is 0 Å². The molecule has 40 heavy (non-hydrogen) atoms. The number of piperazine rings is 1. The van der Waals surface area contributed by atoms with Crippen molar-refractivity contribution in [1.82, 2.24) is 14.1 Å². The Hall–Kier alpha value is -2.68. The Balaban J connectivity index is 1.69. The third-order valence-corrected chi connectivity index (χ3v) is 10.8. The smallest absolute Gasteiger partial charge is 0.376 e. The summed E-state index contributed by atoms with van der Waals surface area (Å²) in [6.45, 7) is 7.69. The first-order chi connectivity index (χ1) is 18.4. The topological polar surface area (TPSA) is 101 Å². The second-order valence-electron chi connectivity index (χ2n) is 11.0. The van der Waals surface area contributed by atoms with E-state index >= 15 is 0 Å². The van der Waals surface area contributed by atoms with Gasteiger partial charge in [-0.15, -0.1) is 11.3 Å². The molecule has 1 aromatic heterocycles. The lowest BCUT2D eigenvalue weighted by atomic mass is 9.95. The van der Waals surface area contributed by atoms with Gasteiger partial charge in [-0.1, -0.05) is 18.2 Å². The number of anilines is 1. The van der Waals surface area contributed by atoms with Crippen molar-refractivity contribution in [2.75, 3.05) is 31.1 Å². The number of carbonyl (C=O) groups is 2. The van der Waals surface area contributed by atoms with Crippen LogP contribution in [0.15, 0.2) is 46.0 Å². The van der Waals surface area contributed by atoms with E-state index in [1.54, 1.807) is 39.1 Å². The van der Waals surface area contributed by atoms with Gasteiger partial charge in [0.15, 0.2) is 5.60 Å². The predicted molar refractivity (Wildman–Crippen MR) is 144 cm³/mol. The summed E-state index contributed by atoms with van der Waals surface area (Å²) in [5, 5.41) is 11.7. The highest BCUT2D eigenvalue weighted by Crippen LogP contribution is 2.39. The number of benzene rings is 1. The number of nitrogens with zero attached hydrogens (tertiary/aromatic N) is 4. The van der Waals surface area contributed by atoms with Gasteiger partial charge in [-0.25, -0.2) is 13.2 Å². The highest BCUT2D eigenvalue weighted by molar-refractivity contribution is 7.91. The van der Waals surface area contributed by atoms with E-state index in [-0.39, 0.29) is 47.9 Å². The number of imide groups is 1. The Morgan fingerprint density at radius 1 is 1.10 bits per heavy atom. The van der Waals surface area contributed by atoms with Crippen LogP contribution in [0.3, 0.4) is 0 Å². The lowest BCUT2D eigenvalue weighted by molar-refractivity contribution is -0.258. The molecule has 14 heteroatoms. The highest BCUT2D eigenvalue weighted by Gasteiger charge is 2.54. The average Bonchev–Trinajstić information content (AvgIpc) is 3.47. The van der Waals surface area contributed by atoms with Crippen LogP contribution < -0.4 is 4.90 Å². The predicted octanol–water partition coefficient (Wildman–Crippen LogP) is 3.85. The van der Waals surface area contributed by atoms with E-state index < -0.39 is 39.4 Å². The van der Waals surface area contributed by atoms with E-state index in [2.05, 4.69) is 0 Å². The quantitative estimate of drug-likeness (QED) is 0.484. The molecule has 0 aliphatic carbocycles. The van der Waals surface area contributed by atoms with Crippen LogP contribution in [0.2, 0.25) is 0 Å². The number of urea groups is 1. The van der Waals surface area contributed by atoms with Crippen LogP contribution in [0.4, 0.5) is 23.7 Å². The van der Waals surface area contributed by atoms with Crippen molar-refractivity contribution in [2.24, 2.45) is 0 Å². The van der Waals surface area contributed by atoms with Crippen molar-refractivity contribution in [3.8, 4) is 0 Å². The average molecular weight is 603 g/mol. The van der Waals surface area contributed by atoms with Crippen molar-refractivity contribution >= 4 is 39.0 Å². The zero-order chi connectivity index (χ0) is 29.8. The third-order valence-electron chi connectivity index (χ3n) is 7.61. The number of hydrogen-bond acceptors (Lipinski definition) is 7. The Kier molecular flexibility index (Phi) is 7.80. The number of aliphatic hydroxyl groups is 1. The van der Waals surface area contributed by atoms with Crippen molar-refractivity contribution in [1.29, 1.82) is 0 Å². The minimum absolute atomic E-state index is 0.000723. The van der Waals surface area contributed by atoms with Gasteiger partial charge in [0.25, 0.3) is 15.9 Å². The molecule has 0 bridgehead atoms. The summed E-state index contributed by atoms with van der Waals surface area (Å²) in [6, 6.07) is 6.91. The van der Waals surface area contributed by atoms with E-state index in [4.69, 9.17) is 0 Å². The van der Waals surface area contributed by atoms with Crippen molar-refractivity contribution in [3.05, 3.63) is 47.3 Å². The van der Waals surface area contributed by atoms with Crippen LogP contribution in [0, 0.1) is 0 Å². The molecule has 3 heterocycles. The van der Waals surface area contributed by atoms with Crippen LogP contribution >= 0.6 is 11.3 Å². The monoisotopic (exact) mass is 602 g/mol. The molecule has 2 saturated heterocycles. The Labute approximate surface area is 235 Å². The molecule has 0 spiro atoms. The maximum atomic E-state index is 13.4. The number of hydrogen-bond donors (Lipinski definition) is 1. The fraction of sp³-hybridized carbons (Fsp3) is 0.538. The maximum absolute atomic E-state index is 13.4. The van der Waals surface area contributed by atoms with E-state index in [9.17, 15) is 36.3 Å². The normalized spacial score (nSPS) is 22.4. The van der Waals surface area contributed by atoms with E-state index in [0.717, 1.165) is 11.3 Å². The van der Waals surface area contributed by atoms with E-state index in [1.165, 1.54) is 44.4 Å². The molecular weight excluding hydrogens is 569 g/mol. The lowest BCUT2D eigenvalue weighted by Gasteiger charge is -2.44. The standard InChI is InChI=1S/C26H33F3N4O5S2/c1-17(2)33-22(34)24(3,4)32(23(33)35)16-20-15-30(40(37,38)21-7-6-14-39-21)12-13-31(20)19-10-8-18(9-11-19)25(5,36)26(27,28)29/h6-11,14,17,20,36H,12-13,15-16H2,1-5H3/t20-,25-/m1/s1. The van der Waals surface area contributed by atoms with Gasteiger partial charge in [-0.2, -0.15) is 17.5 Å². The maximum Gasteiger partial charge on any atom is 0.421 e. The largest absolute Gasteiger partial charge is 0.421 e. The first-order valence-corrected chi connectivity index (χ1v) is 15.1. The van der Waals surface area contributed by atoms with E-state index in [0.29, 0.717) is 12.6 Å². The molecule has 9 nitrogen and oxygen atoms in total. The Morgan fingerprint density at radius 3 is 2.23 bits per heavy atom. The summed E-state index contributed by atoms with van der Waals surface area (Å²) < 4.78 is 68.3. The van der Waals surface area contributed by atoms with Gasteiger partial charge in [0, 0.05) is 37.9 Å². The molecule has 2 fully saturated rings. The molecule has 1 N–H and O–H groups in total. The molecule has 0 saturated carbocycles. The van der Waals surface area contributed by atoms with Crippen molar-refractivity contribution in [2.45, 2.75) is 68.2 Å². The molecule has 0 unspecified atom stereocenters. The molecule has 3 amide bonds. The van der Waals surface area contributed by atoms with Gasteiger partial charge in [-0.05, 0) is 63.8 Å². The SMILES string of the molecule is CC(C)N1C(=O)N(C[C@H]2CN(S(=O)(=O)c3cccs3)CCN2c2ccc([C@@](C)(O)C(F)(F)F)cc2)C(C)(C)C1=O. The second-order valence-corrected chi connectivity index (χ2v) is 14.1. The fourth-order valence-electron chi connectivity index (χ4n) is 5.06. The molecule has 4 rings (SSSR count). The summed E-state index contributed by atoms with van der Waals surface area (Å²) >= 11 is 1.09. The molecule has 0 radical (unpaired) electrons. The minimum Gasteiger partial charge on any atom is -0.376 e. The van der Waals surface area contributed by atoms with E-state index in [1.807, 2.05) is 4.90 Å². The fourth-order valence-corrected chi connectivity index (χ4v) is 7.67. The van der Waals surface area contributed by atoms with Gasteiger partial charge < -0.3 is 14.9 Å². The molecular formula is C26H33F3N4O5S2. The number of thiophene rings is 1. The molecule has 2 aliphatic rings. The third kappa shape index (κ3) is 5.10. The summed E-state index contributed by atoms with van der Waals surface area (Å²) in [4.78, 5) is 30.9. The Morgan fingerprint density at radius 2 is 1.73 bits per heavy atom. The number of amides is 3. The number of rotatable bonds is 7. The minimum atomic E-state index is -4.88. The van der Waals surface area contributed by atoms with Gasteiger partial charge in [0.05, 0.1) is 6.04 Å². The van der Waals surface area contributed by atoms with Gasteiger partial charge >= 0.3 is 12.2 Å². The lowest BCUT2D eigenvalue weighted by Crippen LogP contribution is -2.60. The summed E-state index contributed by atoms with van der Waals surface area (Å²) in [5.41, 5.74) is -4.08. The van der Waals surface area contributed by atoms with Gasteiger partial charge in [-0.3, -0.25) is 9.69 Å². The van der Waals surface area contributed by atoms with Crippen molar-refractivity contribution in [3.63, 3.8) is 0 Å². The summed E-state index contributed by atoms with van der Waals surface area (Å²) in [6.07, 6.45) is -4.88. The van der Waals surface area contributed by atoms with Crippen molar-refractivity contribution < 1.29 is 36.3 Å². The van der Waals surface area contributed by atoms with Crippen LogP contribution in [0.5, 0.6) is 0 Å². The molecule has 220 valence electrons. The molecule has 2 aliphatic heterocycles. The van der Waals surface area contributed by atoms with Gasteiger partial charge in [0.1, 0.15) is 9.75 Å². The number of alkyl halides is 3. The highest BCUT2D eigenvalue weighted by atomic mass is 32.2. The van der Waals surface area contributed by atoms with Crippen LogP contribution in [0.25, 0.3) is 0 Å². The number of carbonyl (C=O) groups excluding carboxylic acids is 2. The summed E-state index contributed by atoms with van der Waals surface area (Å²) in [7, 11) is -3.82. The van der Waals surface area contributed by atoms with Crippen LogP contribution in [-0.2, 0) is 20.4 Å². The first kappa shape index (κ1) is 30.3. The summed E-state index contributed by atoms with van der Waals surface area (Å²) in [5.74, 6) is -0.364. The Bertz CT molecular complexity index is 1360. The zero-order valence-corrected chi connectivity index (χ0v) is 24.5. The molecule has 2 aromatic rings. The first-order valence-electron chi connectivity index (χ1n) is 12.8. The number of halogens is 3. The zero-order valence-electron chi connectivity index (χ0n) is 22.8. The second kappa shape index (κ2) is 10.3. The molecule has 1 aromatic carbocycles. The number of sulfonamides is 1. The molecule has 2 atom stereocenters. The van der Waals surface area contributed by atoms with Crippen LogP contribution in [0.1, 0.15) is 40.2 Å².